The SMILES string of the molecule is C=c1ccc(=C)c2ccc3c4c(ccc(c5ccc(cc5)c5nc6ccccc6n5c1=O)c24)c(=O)n1c2ccccc2nc31. The second-order valence-corrected chi connectivity index (χ2v) is 11.2. The molecule has 5 aromatic carbocycles. The van der Waals surface area contributed by atoms with Gasteiger partial charge in [0.2, 0.25) is 0 Å². The van der Waals surface area contributed by atoms with Crippen LogP contribution >= 0.6 is 0 Å². The van der Waals surface area contributed by atoms with Crippen molar-refractivity contribution in [1.29, 1.82) is 0 Å². The van der Waals surface area contributed by atoms with Gasteiger partial charge in [-0.05, 0) is 69.2 Å². The van der Waals surface area contributed by atoms with E-state index in [0.717, 1.165) is 59.8 Å². The van der Waals surface area contributed by atoms with E-state index in [9.17, 15) is 9.59 Å². The second kappa shape index (κ2) is 8.69. The Labute approximate surface area is 248 Å². The first-order valence-corrected chi connectivity index (χ1v) is 14.3. The highest BCUT2D eigenvalue weighted by atomic mass is 16.1. The highest BCUT2D eigenvalue weighted by Gasteiger charge is 2.18. The van der Waals surface area contributed by atoms with Crippen LogP contribution in [0, 0.1) is 0 Å². The van der Waals surface area contributed by atoms with Crippen LogP contribution in [0.4, 0.5) is 0 Å². The Bertz CT molecular complexity index is 3010. The summed E-state index contributed by atoms with van der Waals surface area (Å²) < 4.78 is 3.34. The molecule has 0 radical (unpaired) electrons. The lowest BCUT2D eigenvalue weighted by Gasteiger charge is -2.11. The van der Waals surface area contributed by atoms with Crippen molar-refractivity contribution >= 4 is 89.6 Å². The summed E-state index contributed by atoms with van der Waals surface area (Å²) >= 11 is 0. The van der Waals surface area contributed by atoms with Crippen LogP contribution in [0.3, 0.4) is 0 Å². The molecule has 0 atom stereocenters. The maximum absolute atomic E-state index is 14.1. The maximum atomic E-state index is 14.1. The number of imidazole rings is 2. The Morgan fingerprint density at radius 2 is 0.977 bits per heavy atom. The Kier molecular flexibility index (Phi) is 4.83. The lowest BCUT2D eigenvalue weighted by Crippen LogP contribution is -2.27. The van der Waals surface area contributed by atoms with Gasteiger partial charge in [0, 0.05) is 26.8 Å². The van der Waals surface area contributed by atoms with Gasteiger partial charge >= 0.3 is 0 Å². The summed E-state index contributed by atoms with van der Waals surface area (Å²) in [5.41, 5.74) is 3.81. The molecule has 0 saturated heterocycles. The van der Waals surface area contributed by atoms with Crippen molar-refractivity contribution < 1.29 is 0 Å². The Morgan fingerprint density at radius 1 is 0.455 bits per heavy atom. The number of fused-ring (bicyclic) bond motifs is 11. The Balaban J connectivity index is 1.55. The number of aromatic nitrogens is 4. The van der Waals surface area contributed by atoms with Crippen molar-refractivity contribution in [3.63, 3.8) is 0 Å². The van der Waals surface area contributed by atoms with Crippen LogP contribution in [0.15, 0.2) is 119 Å². The van der Waals surface area contributed by atoms with Gasteiger partial charge in [-0.3, -0.25) is 18.4 Å². The van der Waals surface area contributed by atoms with Gasteiger partial charge in [-0.25, -0.2) is 9.97 Å². The summed E-state index contributed by atoms with van der Waals surface area (Å²) in [6.45, 7) is 8.51. The van der Waals surface area contributed by atoms with Gasteiger partial charge in [0.15, 0.2) is 0 Å². The number of para-hydroxylation sites is 4. The van der Waals surface area contributed by atoms with Gasteiger partial charge in [0.05, 0.1) is 22.1 Å². The molecule has 206 valence electrons. The summed E-state index contributed by atoms with van der Waals surface area (Å²) in [7, 11) is 0. The third-order valence-electron chi connectivity index (χ3n) is 8.72. The topological polar surface area (TPSA) is 68.7 Å². The fourth-order valence-electron chi connectivity index (χ4n) is 6.63. The first-order chi connectivity index (χ1) is 21.5. The Morgan fingerprint density at radius 3 is 1.70 bits per heavy atom. The molecule has 5 heterocycles. The zero-order valence-corrected chi connectivity index (χ0v) is 23.4. The minimum absolute atomic E-state index is 0.112. The van der Waals surface area contributed by atoms with Gasteiger partial charge in [-0.15, -0.1) is 0 Å². The molecule has 0 aliphatic heterocycles. The summed E-state index contributed by atoms with van der Waals surface area (Å²) in [6.07, 6.45) is 0. The monoisotopic (exact) mass is 566 g/mol. The van der Waals surface area contributed by atoms with Crippen LogP contribution in [-0.2, 0) is 0 Å². The molecule has 6 nitrogen and oxygen atoms in total. The number of nitrogens with zero attached hydrogens (tertiary/aromatic N) is 4. The predicted molar refractivity (Wildman–Crippen MR) is 181 cm³/mol. The molecule has 0 aliphatic rings. The Hall–Kier alpha value is -6.14. The molecule has 0 fully saturated rings. The van der Waals surface area contributed by atoms with E-state index in [4.69, 9.17) is 9.97 Å². The summed E-state index contributed by atoms with van der Waals surface area (Å²) in [5.74, 6) is 0. The highest BCUT2D eigenvalue weighted by molar-refractivity contribution is 6.27. The van der Waals surface area contributed by atoms with Gasteiger partial charge in [-0.1, -0.05) is 79.9 Å². The largest absolute Gasteiger partial charge is 0.268 e. The minimum atomic E-state index is -0.263. The van der Waals surface area contributed by atoms with E-state index in [1.807, 2.05) is 103 Å². The fourth-order valence-corrected chi connectivity index (χ4v) is 6.63. The van der Waals surface area contributed by atoms with Crippen LogP contribution in [0.25, 0.3) is 89.6 Å². The van der Waals surface area contributed by atoms with Crippen LogP contribution < -0.4 is 21.6 Å². The van der Waals surface area contributed by atoms with Crippen molar-refractivity contribution in [2.24, 2.45) is 0 Å². The van der Waals surface area contributed by atoms with Gasteiger partial charge in [0.25, 0.3) is 11.1 Å². The minimum Gasteiger partial charge on any atom is -0.268 e. The van der Waals surface area contributed by atoms with E-state index in [1.54, 1.807) is 14.9 Å². The van der Waals surface area contributed by atoms with Crippen LogP contribution in [0.5, 0.6) is 0 Å². The number of benzene rings is 5. The van der Waals surface area contributed by atoms with Crippen molar-refractivity contribution in [1.82, 2.24) is 18.8 Å². The molecule has 0 aliphatic carbocycles. The molecule has 0 spiro atoms. The van der Waals surface area contributed by atoms with E-state index in [0.29, 0.717) is 27.1 Å². The number of rotatable bonds is 0. The summed E-state index contributed by atoms with van der Waals surface area (Å²) in [5, 5.41) is 7.87. The molecular weight excluding hydrogens is 544 g/mol. The van der Waals surface area contributed by atoms with E-state index in [-0.39, 0.29) is 11.1 Å². The van der Waals surface area contributed by atoms with E-state index >= 15 is 0 Å². The normalized spacial score (nSPS) is 12.0. The lowest BCUT2D eigenvalue weighted by molar-refractivity contribution is 1.15. The smallest absolute Gasteiger partial charge is 0.264 e. The molecule has 0 saturated carbocycles. The molecule has 5 aromatic heterocycles. The van der Waals surface area contributed by atoms with Crippen LogP contribution in [0.1, 0.15) is 0 Å². The molecule has 6 heteroatoms. The van der Waals surface area contributed by atoms with E-state index in [2.05, 4.69) is 13.2 Å². The molecule has 10 aromatic rings. The fraction of sp³-hybridized carbons (Fsp3) is 0. The van der Waals surface area contributed by atoms with Crippen molar-refractivity contribution in [3.05, 3.63) is 140 Å². The van der Waals surface area contributed by atoms with Crippen molar-refractivity contribution in [2.75, 3.05) is 0 Å². The highest BCUT2D eigenvalue weighted by Crippen LogP contribution is 2.35. The standard InChI is InChI=1S/C38H22N4O2/c1-21-11-12-22(2)37(43)41-31-9-5-3-7-29(31)39-35(41)24-15-13-23(14-16-24)26-18-20-28-34-27(19-17-25(21)33(26)34)36-40-30-8-4-6-10-32(30)42(36)38(28)44/h3-20H,1-2H2. The molecule has 10 rings (SSSR count). The third kappa shape index (κ3) is 3.19. The summed E-state index contributed by atoms with van der Waals surface area (Å²) in [6, 6.07) is 34.9. The molecule has 0 unspecified atom stereocenters. The first kappa shape index (κ1) is 24.5. The molecular formula is C38H22N4O2. The zero-order chi connectivity index (χ0) is 29.7. The summed E-state index contributed by atoms with van der Waals surface area (Å²) in [4.78, 5) is 37.6. The van der Waals surface area contributed by atoms with Gasteiger partial charge < -0.3 is 0 Å². The molecule has 2 bridgehead atoms. The first-order valence-electron chi connectivity index (χ1n) is 14.3. The van der Waals surface area contributed by atoms with Crippen molar-refractivity contribution in [2.45, 2.75) is 0 Å². The number of hydrogen-bond acceptors (Lipinski definition) is 4. The van der Waals surface area contributed by atoms with Crippen LogP contribution in [-0.4, -0.2) is 18.8 Å². The molecule has 0 amide bonds. The van der Waals surface area contributed by atoms with E-state index in [1.165, 1.54) is 0 Å². The quantitative estimate of drug-likeness (QED) is 0.226. The van der Waals surface area contributed by atoms with E-state index < -0.39 is 0 Å². The van der Waals surface area contributed by atoms with Gasteiger partial charge in [0.1, 0.15) is 11.3 Å². The molecule has 44 heavy (non-hydrogen) atoms. The van der Waals surface area contributed by atoms with Gasteiger partial charge in [-0.2, -0.15) is 0 Å². The average molecular weight is 567 g/mol. The predicted octanol–water partition coefficient (Wildman–Crippen LogP) is 6.00. The lowest BCUT2D eigenvalue weighted by atomic mass is 9.94. The number of pyridine rings is 1. The molecule has 0 N–H and O–H groups in total. The maximum Gasteiger partial charge on any atom is 0.264 e. The average Bonchev–Trinajstić information content (AvgIpc) is 3.64. The second-order valence-electron chi connectivity index (χ2n) is 11.2. The van der Waals surface area contributed by atoms with Crippen molar-refractivity contribution in [3.8, 4) is 0 Å². The number of hydrogen-bond donors (Lipinski definition) is 0. The zero-order valence-electron chi connectivity index (χ0n) is 23.4. The van der Waals surface area contributed by atoms with Crippen LogP contribution in [0.2, 0.25) is 0 Å². The third-order valence-corrected chi connectivity index (χ3v) is 8.72.